The number of aliphatic hydroxyl groups is 1. The van der Waals surface area contributed by atoms with E-state index in [-0.39, 0.29) is 11.6 Å². The zero-order valence-corrected chi connectivity index (χ0v) is 17.5. The fourth-order valence-corrected chi connectivity index (χ4v) is 8.20. The molecular weight excluding hydrogens is 336 g/mol. The van der Waals surface area contributed by atoms with Crippen LogP contribution >= 0.6 is 0 Å². The van der Waals surface area contributed by atoms with E-state index in [0.29, 0.717) is 0 Å². The number of hydrogen-bond acceptors (Lipinski definition) is 2. The van der Waals surface area contributed by atoms with E-state index in [0.717, 1.165) is 19.4 Å². The molecule has 0 aliphatic heterocycles. The van der Waals surface area contributed by atoms with Gasteiger partial charge >= 0.3 is 0 Å². The van der Waals surface area contributed by atoms with Crippen LogP contribution in [0.1, 0.15) is 40.5 Å². The first-order valence-electron chi connectivity index (χ1n) is 9.43. The predicted octanol–water partition coefficient (Wildman–Crippen LogP) is 4.28. The Balaban J connectivity index is 2.36. The number of hydrogen-bond donors (Lipinski definition) is 1. The molecule has 2 nitrogen and oxygen atoms in total. The summed E-state index contributed by atoms with van der Waals surface area (Å²) in [6.45, 7) is 9.81. The normalized spacial score (nSPS) is 13.0. The van der Waals surface area contributed by atoms with Gasteiger partial charge in [-0.3, -0.25) is 0 Å². The molecule has 0 heterocycles. The minimum Gasteiger partial charge on any atom is -0.407 e. The highest BCUT2D eigenvalue weighted by Crippen LogP contribution is 2.36. The molecule has 0 spiro atoms. The Bertz CT molecular complexity index is 648. The van der Waals surface area contributed by atoms with Crippen LogP contribution in [0.4, 0.5) is 0 Å². The number of allylic oxidation sites excluding steroid dienone is 1. The van der Waals surface area contributed by atoms with Gasteiger partial charge in [0.1, 0.15) is 0 Å². The monoisotopic (exact) mass is 368 g/mol. The zero-order valence-electron chi connectivity index (χ0n) is 16.5. The maximum Gasteiger partial charge on any atom is 0.261 e. The third kappa shape index (κ3) is 4.73. The second kappa shape index (κ2) is 9.31. The van der Waals surface area contributed by atoms with Crippen molar-refractivity contribution in [1.82, 2.24) is 0 Å². The van der Waals surface area contributed by atoms with Crippen LogP contribution in [0, 0.1) is 0 Å². The van der Waals surface area contributed by atoms with E-state index in [4.69, 9.17) is 9.53 Å². The van der Waals surface area contributed by atoms with Gasteiger partial charge in [0.05, 0.1) is 6.61 Å². The Kier molecular flexibility index (Phi) is 7.39. The standard InChI is InChI=1S/C23H32O2Si/c1-20(17-18-24)12-11-19-25-26(23(2,3)4,21-13-7-5-8-14-21)22-15-9-6-10-16-22/h5-10,13-17,24H,11-12,18-19H2,1-4H3. The molecule has 0 unspecified atom stereocenters. The van der Waals surface area contributed by atoms with Gasteiger partial charge in [-0.15, -0.1) is 0 Å². The van der Waals surface area contributed by atoms with Crippen LogP contribution < -0.4 is 10.4 Å². The van der Waals surface area contributed by atoms with Gasteiger partial charge in [-0.1, -0.05) is 93.1 Å². The van der Waals surface area contributed by atoms with Gasteiger partial charge in [0.2, 0.25) is 0 Å². The molecular formula is C23H32O2Si. The van der Waals surface area contributed by atoms with Gasteiger partial charge in [0.25, 0.3) is 8.32 Å². The van der Waals surface area contributed by atoms with Crippen LogP contribution in [-0.4, -0.2) is 26.6 Å². The molecule has 1 N–H and O–H groups in total. The molecule has 0 atom stereocenters. The van der Waals surface area contributed by atoms with Crippen LogP contribution in [-0.2, 0) is 4.43 Å². The highest BCUT2D eigenvalue weighted by atomic mass is 28.4. The van der Waals surface area contributed by atoms with Crippen molar-refractivity contribution >= 4 is 18.7 Å². The second-order valence-corrected chi connectivity index (χ2v) is 12.2. The van der Waals surface area contributed by atoms with Crippen LogP contribution in [0.2, 0.25) is 5.04 Å². The molecule has 0 aromatic heterocycles. The van der Waals surface area contributed by atoms with E-state index in [1.165, 1.54) is 15.9 Å². The quantitative estimate of drug-likeness (QED) is 0.428. The van der Waals surface area contributed by atoms with E-state index in [1.807, 2.05) is 6.08 Å². The molecule has 0 aliphatic carbocycles. The SMILES string of the molecule is CC(=CCO)CCCO[Si](c1ccccc1)(c1ccccc1)C(C)(C)C. The summed E-state index contributed by atoms with van der Waals surface area (Å²) in [4.78, 5) is 0. The highest BCUT2D eigenvalue weighted by Gasteiger charge is 2.49. The lowest BCUT2D eigenvalue weighted by Crippen LogP contribution is -2.66. The fraction of sp³-hybridized carbons (Fsp3) is 0.391. The van der Waals surface area contributed by atoms with Crippen molar-refractivity contribution in [3.8, 4) is 0 Å². The maximum absolute atomic E-state index is 9.03. The molecule has 0 aliphatic rings. The average molecular weight is 369 g/mol. The van der Waals surface area contributed by atoms with Crippen molar-refractivity contribution in [2.45, 2.75) is 45.6 Å². The van der Waals surface area contributed by atoms with Crippen LogP contribution in [0.25, 0.3) is 0 Å². The fourth-order valence-electron chi connectivity index (χ4n) is 3.60. The molecule has 0 radical (unpaired) electrons. The molecule has 0 bridgehead atoms. The molecule has 0 saturated carbocycles. The summed E-state index contributed by atoms with van der Waals surface area (Å²) in [5.74, 6) is 0. The van der Waals surface area contributed by atoms with Gasteiger partial charge in [0, 0.05) is 6.61 Å². The Hall–Kier alpha value is -1.68. The van der Waals surface area contributed by atoms with Crippen molar-refractivity contribution in [3.63, 3.8) is 0 Å². The van der Waals surface area contributed by atoms with E-state index in [2.05, 4.69) is 88.4 Å². The van der Waals surface area contributed by atoms with Gasteiger partial charge in [-0.05, 0) is 35.2 Å². The second-order valence-electron chi connectivity index (χ2n) is 7.85. The number of aliphatic hydroxyl groups excluding tert-OH is 1. The van der Waals surface area contributed by atoms with Crippen LogP contribution in [0.5, 0.6) is 0 Å². The summed E-state index contributed by atoms with van der Waals surface area (Å²) in [6, 6.07) is 21.5. The Morgan fingerprint density at radius 2 is 1.46 bits per heavy atom. The summed E-state index contributed by atoms with van der Waals surface area (Å²) < 4.78 is 6.84. The van der Waals surface area contributed by atoms with Gasteiger partial charge < -0.3 is 9.53 Å². The minimum absolute atomic E-state index is 0.0195. The van der Waals surface area contributed by atoms with Crippen LogP contribution in [0.15, 0.2) is 72.3 Å². The summed E-state index contributed by atoms with van der Waals surface area (Å²) in [6.07, 6.45) is 3.80. The minimum atomic E-state index is -2.41. The predicted molar refractivity (Wildman–Crippen MR) is 114 cm³/mol. The lowest BCUT2D eigenvalue weighted by Gasteiger charge is -2.43. The van der Waals surface area contributed by atoms with E-state index < -0.39 is 8.32 Å². The van der Waals surface area contributed by atoms with Crippen molar-refractivity contribution in [2.75, 3.05) is 13.2 Å². The van der Waals surface area contributed by atoms with Gasteiger partial charge in [-0.25, -0.2) is 0 Å². The topological polar surface area (TPSA) is 29.5 Å². The first-order valence-corrected chi connectivity index (χ1v) is 11.3. The molecule has 0 amide bonds. The smallest absolute Gasteiger partial charge is 0.261 e. The zero-order chi connectivity index (χ0) is 19.0. The summed E-state index contributed by atoms with van der Waals surface area (Å²) in [7, 11) is -2.41. The molecule has 2 rings (SSSR count). The molecule has 26 heavy (non-hydrogen) atoms. The van der Waals surface area contributed by atoms with Crippen LogP contribution in [0.3, 0.4) is 0 Å². The molecule has 0 saturated heterocycles. The largest absolute Gasteiger partial charge is 0.407 e. The average Bonchev–Trinajstić information content (AvgIpc) is 2.62. The van der Waals surface area contributed by atoms with E-state index in [9.17, 15) is 0 Å². The number of benzene rings is 2. The van der Waals surface area contributed by atoms with Crippen molar-refractivity contribution in [2.24, 2.45) is 0 Å². The number of rotatable bonds is 8. The Labute approximate surface area is 159 Å². The lowest BCUT2D eigenvalue weighted by atomic mass is 10.2. The molecule has 2 aromatic rings. The summed E-state index contributed by atoms with van der Waals surface area (Å²) in [5, 5.41) is 11.7. The van der Waals surface area contributed by atoms with Gasteiger partial charge in [0.15, 0.2) is 0 Å². The maximum atomic E-state index is 9.03. The van der Waals surface area contributed by atoms with Crippen molar-refractivity contribution < 1.29 is 9.53 Å². The van der Waals surface area contributed by atoms with Crippen molar-refractivity contribution in [1.29, 1.82) is 0 Å². The molecule has 2 aromatic carbocycles. The highest BCUT2D eigenvalue weighted by molar-refractivity contribution is 6.99. The van der Waals surface area contributed by atoms with E-state index >= 15 is 0 Å². The molecule has 3 heteroatoms. The molecule has 0 fully saturated rings. The summed E-state index contributed by atoms with van der Waals surface area (Å²) in [5.41, 5.74) is 1.22. The molecule has 140 valence electrons. The van der Waals surface area contributed by atoms with Crippen molar-refractivity contribution in [3.05, 3.63) is 72.3 Å². The first kappa shape index (κ1) is 20.6. The lowest BCUT2D eigenvalue weighted by molar-refractivity contribution is 0.291. The third-order valence-corrected chi connectivity index (χ3v) is 9.93. The Morgan fingerprint density at radius 3 is 1.88 bits per heavy atom. The van der Waals surface area contributed by atoms with Gasteiger partial charge in [-0.2, -0.15) is 0 Å². The first-order chi connectivity index (χ1) is 12.4. The van der Waals surface area contributed by atoms with E-state index in [1.54, 1.807) is 0 Å². The Morgan fingerprint density at radius 1 is 0.962 bits per heavy atom. The summed E-state index contributed by atoms with van der Waals surface area (Å²) >= 11 is 0. The third-order valence-electron chi connectivity index (χ3n) is 4.89.